The minimum absolute atomic E-state index is 0.146. The van der Waals surface area contributed by atoms with Crippen LogP contribution >= 0.6 is 0 Å². The summed E-state index contributed by atoms with van der Waals surface area (Å²) >= 11 is 0. The Morgan fingerprint density at radius 3 is 2.76 bits per heavy atom. The predicted octanol–water partition coefficient (Wildman–Crippen LogP) is 2.14. The number of hydrogen-bond acceptors (Lipinski definition) is 3. The normalized spacial score (nSPS) is 10.3. The molecule has 0 amide bonds. The molecular formula is C11H8F2N2O2. The summed E-state index contributed by atoms with van der Waals surface area (Å²) in [6, 6.07) is 3.35. The van der Waals surface area contributed by atoms with Crippen LogP contribution in [0.2, 0.25) is 0 Å². The number of benzene rings is 1. The smallest absolute Gasteiger partial charge is 0.356 e. The van der Waals surface area contributed by atoms with Gasteiger partial charge in [0, 0.05) is 5.56 Å². The van der Waals surface area contributed by atoms with Crippen LogP contribution in [0.4, 0.5) is 8.78 Å². The molecule has 0 aliphatic rings. The summed E-state index contributed by atoms with van der Waals surface area (Å²) in [6.07, 6.45) is 1.27. The molecule has 0 aliphatic carbocycles. The minimum atomic E-state index is -0.974. The van der Waals surface area contributed by atoms with Gasteiger partial charge in [-0.15, -0.1) is 0 Å². The fourth-order valence-electron chi connectivity index (χ4n) is 1.33. The first-order valence-electron chi connectivity index (χ1n) is 4.70. The highest BCUT2D eigenvalue weighted by molar-refractivity contribution is 5.87. The molecule has 0 spiro atoms. The van der Waals surface area contributed by atoms with Crippen LogP contribution in [0.5, 0.6) is 0 Å². The highest BCUT2D eigenvalue weighted by atomic mass is 19.2. The van der Waals surface area contributed by atoms with Crippen molar-refractivity contribution in [3.05, 3.63) is 41.7 Å². The number of methoxy groups -OCH3 is 1. The average molecular weight is 238 g/mol. The van der Waals surface area contributed by atoms with Crippen molar-refractivity contribution >= 4 is 5.97 Å². The molecule has 0 aliphatic heterocycles. The van der Waals surface area contributed by atoms with Crippen LogP contribution in [-0.4, -0.2) is 23.0 Å². The second-order valence-corrected chi connectivity index (χ2v) is 3.27. The number of aromatic nitrogens is 2. The van der Waals surface area contributed by atoms with Crippen LogP contribution in [0.1, 0.15) is 10.5 Å². The number of carbonyl (C=O) groups excluding carboxylic acids is 1. The van der Waals surface area contributed by atoms with Crippen LogP contribution < -0.4 is 0 Å². The van der Waals surface area contributed by atoms with Crippen molar-refractivity contribution in [2.75, 3.05) is 7.11 Å². The summed E-state index contributed by atoms with van der Waals surface area (Å²) in [5, 5.41) is 0. The summed E-state index contributed by atoms with van der Waals surface area (Å²) in [5.74, 6) is -2.22. The Labute approximate surface area is 95.3 Å². The van der Waals surface area contributed by atoms with Crippen molar-refractivity contribution < 1.29 is 18.3 Å². The molecule has 2 aromatic rings. The molecular weight excluding hydrogens is 230 g/mol. The summed E-state index contributed by atoms with van der Waals surface area (Å²) in [6.45, 7) is 0. The number of H-pyrrole nitrogens is 1. The number of ether oxygens (including phenoxy) is 1. The SMILES string of the molecule is COC(=O)c1cnc(-c2ccc(F)c(F)c2)[nH]1. The molecule has 1 N–H and O–H groups in total. The van der Waals surface area contributed by atoms with E-state index in [1.165, 1.54) is 19.4 Å². The fraction of sp³-hybridized carbons (Fsp3) is 0.0909. The molecule has 17 heavy (non-hydrogen) atoms. The van der Waals surface area contributed by atoms with Gasteiger partial charge in [0.1, 0.15) is 11.5 Å². The molecule has 4 nitrogen and oxygen atoms in total. The summed E-state index contributed by atoms with van der Waals surface area (Å²) < 4.78 is 30.2. The molecule has 1 aromatic heterocycles. The van der Waals surface area contributed by atoms with Gasteiger partial charge in [-0.1, -0.05) is 0 Å². The van der Waals surface area contributed by atoms with E-state index in [0.29, 0.717) is 5.56 Å². The van der Waals surface area contributed by atoms with E-state index < -0.39 is 17.6 Å². The maximum absolute atomic E-state index is 13.0. The van der Waals surface area contributed by atoms with Gasteiger partial charge >= 0.3 is 5.97 Å². The third-order valence-corrected chi connectivity index (χ3v) is 2.17. The molecule has 2 rings (SSSR count). The Morgan fingerprint density at radius 2 is 2.12 bits per heavy atom. The van der Waals surface area contributed by atoms with Crippen LogP contribution in [0.15, 0.2) is 24.4 Å². The van der Waals surface area contributed by atoms with Crippen molar-refractivity contribution in [2.45, 2.75) is 0 Å². The highest BCUT2D eigenvalue weighted by Crippen LogP contribution is 2.18. The number of rotatable bonds is 2. The van der Waals surface area contributed by atoms with Gasteiger partial charge in [0.15, 0.2) is 11.6 Å². The van der Waals surface area contributed by atoms with Crippen molar-refractivity contribution in [3.8, 4) is 11.4 Å². The van der Waals surface area contributed by atoms with Gasteiger partial charge in [-0.2, -0.15) is 0 Å². The fourth-order valence-corrected chi connectivity index (χ4v) is 1.33. The third kappa shape index (κ3) is 2.15. The summed E-state index contributed by atoms with van der Waals surface area (Å²) in [7, 11) is 1.24. The van der Waals surface area contributed by atoms with E-state index in [0.717, 1.165) is 12.1 Å². The first kappa shape index (κ1) is 11.3. The number of carbonyl (C=O) groups is 1. The van der Waals surface area contributed by atoms with E-state index in [1.54, 1.807) is 0 Å². The first-order chi connectivity index (χ1) is 8.11. The van der Waals surface area contributed by atoms with Crippen molar-refractivity contribution in [1.82, 2.24) is 9.97 Å². The topological polar surface area (TPSA) is 55.0 Å². The molecule has 1 aromatic carbocycles. The van der Waals surface area contributed by atoms with Crippen LogP contribution in [0.3, 0.4) is 0 Å². The second kappa shape index (κ2) is 4.32. The molecule has 0 fully saturated rings. The minimum Gasteiger partial charge on any atom is -0.464 e. The lowest BCUT2D eigenvalue weighted by atomic mass is 10.2. The lowest BCUT2D eigenvalue weighted by Gasteiger charge is -1.98. The molecule has 0 radical (unpaired) electrons. The maximum Gasteiger partial charge on any atom is 0.356 e. The van der Waals surface area contributed by atoms with E-state index in [4.69, 9.17) is 0 Å². The van der Waals surface area contributed by atoms with Gasteiger partial charge in [-0.3, -0.25) is 0 Å². The molecule has 88 valence electrons. The standard InChI is InChI=1S/C11H8F2N2O2/c1-17-11(16)9-5-14-10(15-9)6-2-3-7(12)8(13)4-6/h2-5H,1H3,(H,14,15). The third-order valence-electron chi connectivity index (χ3n) is 2.17. The van der Waals surface area contributed by atoms with Gasteiger partial charge in [0.25, 0.3) is 0 Å². The van der Waals surface area contributed by atoms with Gasteiger partial charge < -0.3 is 9.72 Å². The second-order valence-electron chi connectivity index (χ2n) is 3.27. The zero-order valence-electron chi connectivity index (χ0n) is 8.83. The average Bonchev–Trinajstić information content (AvgIpc) is 2.81. The largest absolute Gasteiger partial charge is 0.464 e. The molecule has 1 heterocycles. The first-order valence-corrected chi connectivity index (χ1v) is 4.70. The number of nitrogens with one attached hydrogen (secondary N) is 1. The van der Waals surface area contributed by atoms with Crippen molar-refractivity contribution in [3.63, 3.8) is 0 Å². The number of imidazole rings is 1. The monoisotopic (exact) mass is 238 g/mol. The van der Waals surface area contributed by atoms with E-state index >= 15 is 0 Å². The van der Waals surface area contributed by atoms with Crippen molar-refractivity contribution in [2.24, 2.45) is 0 Å². The summed E-state index contributed by atoms with van der Waals surface area (Å²) in [4.78, 5) is 17.7. The van der Waals surface area contributed by atoms with E-state index in [1.807, 2.05) is 0 Å². The number of halogens is 2. The van der Waals surface area contributed by atoms with Gasteiger partial charge in [0.2, 0.25) is 0 Å². The Morgan fingerprint density at radius 1 is 1.35 bits per heavy atom. The number of nitrogens with zero attached hydrogens (tertiary/aromatic N) is 1. The Hall–Kier alpha value is -2.24. The number of esters is 1. The quantitative estimate of drug-likeness (QED) is 0.815. The highest BCUT2D eigenvalue weighted by Gasteiger charge is 2.11. The molecule has 0 unspecified atom stereocenters. The summed E-state index contributed by atoms with van der Waals surface area (Å²) in [5.41, 5.74) is 0.492. The zero-order chi connectivity index (χ0) is 12.4. The van der Waals surface area contributed by atoms with Crippen molar-refractivity contribution in [1.29, 1.82) is 0 Å². The van der Waals surface area contributed by atoms with E-state index in [9.17, 15) is 13.6 Å². The number of hydrogen-bond donors (Lipinski definition) is 1. The lowest BCUT2D eigenvalue weighted by Crippen LogP contribution is -2.00. The Kier molecular flexibility index (Phi) is 2.86. The van der Waals surface area contributed by atoms with E-state index in [2.05, 4.69) is 14.7 Å². The number of aromatic amines is 1. The Bertz CT molecular complexity index is 566. The van der Waals surface area contributed by atoms with E-state index in [-0.39, 0.29) is 11.5 Å². The maximum atomic E-state index is 13.0. The molecule has 0 saturated carbocycles. The van der Waals surface area contributed by atoms with Crippen LogP contribution in [0.25, 0.3) is 11.4 Å². The van der Waals surface area contributed by atoms with Gasteiger partial charge in [-0.05, 0) is 18.2 Å². The predicted molar refractivity (Wildman–Crippen MR) is 55.3 cm³/mol. The zero-order valence-corrected chi connectivity index (χ0v) is 8.83. The molecule has 0 bridgehead atoms. The lowest BCUT2D eigenvalue weighted by molar-refractivity contribution is 0.0595. The van der Waals surface area contributed by atoms with Crippen LogP contribution in [0, 0.1) is 11.6 Å². The molecule has 0 atom stereocenters. The van der Waals surface area contributed by atoms with Gasteiger partial charge in [0.05, 0.1) is 13.3 Å². The molecule has 0 saturated heterocycles. The van der Waals surface area contributed by atoms with Gasteiger partial charge in [-0.25, -0.2) is 18.6 Å². The Balaban J connectivity index is 2.37. The van der Waals surface area contributed by atoms with Crippen LogP contribution in [-0.2, 0) is 4.74 Å². The molecule has 6 heteroatoms.